The van der Waals surface area contributed by atoms with Gasteiger partial charge in [0.05, 0.1) is 17.3 Å². The number of ether oxygens (including phenoxy) is 1. The molecule has 1 amide bonds. The fourth-order valence-corrected chi connectivity index (χ4v) is 7.22. The summed E-state index contributed by atoms with van der Waals surface area (Å²) in [6.45, 7) is 17.7. The van der Waals surface area contributed by atoms with E-state index in [1.807, 2.05) is 26.1 Å². The van der Waals surface area contributed by atoms with Crippen LogP contribution >= 0.6 is 23.5 Å². The predicted molar refractivity (Wildman–Crippen MR) is 173 cm³/mol. The molecule has 0 spiro atoms. The highest BCUT2D eigenvalue weighted by atomic mass is 32.2. The van der Waals surface area contributed by atoms with Crippen LogP contribution in [0.1, 0.15) is 85.3 Å². The van der Waals surface area contributed by atoms with Crippen molar-refractivity contribution in [2.45, 2.75) is 89.9 Å². The number of thioether (sulfide) groups is 2. The quantitative estimate of drug-likeness (QED) is 0.197. The molecule has 2 aliphatic rings. The Hall–Kier alpha value is -2.38. The van der Waals surface area contributed by atoms with E-state index in [-0.39, 0.29) is 16.7 Å². The van der Waals surface area contributed by atoms with Gasteiger partial charge in [0.2, 0.25) is 0 Å². The lowest BCUT2D eigenvalue weighted by Crippen LogP contribution is -2.29. The minimum absolute atomic E-state index is 0.0518. The lowest BCUT2D eigenvalue weighted by Gasteiger charge is -2.30. The SMILES string of the molecule is CCN1C(=O)C(=C2Sc3ccccc3N2C)SC1=NCCCCOc1ccc(C(C)(C)CC)cc1C(C)(C)CC. The summed E-state index contributed by atoms with van der Waals surface area (Å²) in [5.41, 5.74) is 4.01. The van der Waals surface area contributed by atoms with Gasteiger partial charge in [0.15, 0.2) is 5.17 Å². The minimum Gasteiger partial charge on any atom is -0.493 e. The number of carbonyl (C=O) groups excluding carboxylic acids is 1. The third kappa shape index (κ3) is 6.25. The molecule has 40 heavy (non-hydrogen) atoms. The smallest absolute Gasteiger partial charge is 0.269 e. The van der Waals surface area contributed by atoms with E-state index in [2.05, 4.69) is 76.8 Å². The molecule has 4 rings (SSSR count). The van der Waals surface area contributed by atoms with Gasteiger partial charge < -0.3 is 9.64 Å². The topological polar surface area (TPSA) is 45.1 Å². The molecular formula is C33H45N3O2S2. The number of anilines is 1. The summed E-state index contributed by atoms with van der Waals surface area (Å²) in [7, 11) is 2.03. The minimum atomic E-state index is 0.0518. The fourth-order valence-electron chi connectivity index (χ4n) is 4.80. The molecule has 2 aromatic rings. The molecule has 0 aromatic heterocycles. The van der Waals surface area contributed by atoms with Crippen molar-refractivity contribution in [3.63, 3.8) is 0 Å². The monoisotopic (exact) mass is 579 g/mol. The van der Waals surface area contributed by atoms with Gasteiger partial charge in [-0.25, -0.2) is 0 Å². The van der Waals surface area contributed by atoms with E-state index in [9.17, 15) is 4.79 Å². The second-order valence-electron chi connectivity index (χ2n) is 11.8. The number of hydrogen-bond donors (Lipinski definition) is 0. The van der Waals surface area contributed by atoms with Crippen LogP contribution in [0.15, 0.2) is 62.3 Å². The van der Waals surface area contributed by atoms with Crippen LogP contribution in [-0.2, 0) is 15.6 Å². The molecule has 0 aliphatic carbocycles. The van der Waals surface area contributed by atoms with Gasteiger partial charge in [-0.05, 0) is 79.0 Å². The lowest BCUT2D eigenvalue weighted by molar-refractivity contribution is -0.122. The van der Waals surface area contributed by atoms with Gasteiger partial charge in [-0.1, -0.05) is 77.6 Å². The summed E-state index contributed by atoms with van der Waals surface area (Å²) in [6.07, 6.45) is 3.98. The Morgan fingerprint density at radius 2 is 1.65 bits per heavy atom. The van der Waals surface area contributed by atoms with Crippen LogP contribution in [0.3, 0.4) is 0 Å². The number of rotatable bonds is 11. The molecule has 216 valence electrons. The molecule has 2 heterocycles. The molecule has 0 radical (unpaired) electrons. The summed E-state index contributed by atoms with van der Waals surface area (Å²) in [5, 5.41) is 1.80. The largest absolute Gasteiger partial charge is 0.493 e. The van der Waals surface area contributed by atoms with Crippen molar-refractivity contribution in [2.75, 3.05) is 31.6 Å². The Morgan fingerprint density at radius 3 is 2.33 bits per heavy atom. The summed E-state index contributed by atoms with van der Waals surface area (Å²) in [4.78, 5) is 24.0. The summed E-state index contributed by atoms with van der Waals surface area (Å²) < 4.78 is 6.35. The van der Waals surface area contributed by atoms with Crippen molar-refractivity contribution in [1.82, 2.24) is 4.90 Å². The van der Waals surface area contributed by atoms with Crippen LogP contribution in [0.25, 0.3) is 0 Å². The van der Waals surface area contributed by atoms with E-state index in [1.165, 1.54) is 27.8 Å². The van der Waals surface area contributed by atoms with E-state index in [1.54, 1.807) is 16.7 Å². The molecule has 2 aromatic carbocycles. The van der Waals surface area contributed by atoms with E-state index in [4.69, 9.17) is 9.73 Å². The molecule has 0 saturated carbocycles. The Morgan fingerprint density at radius 1 is 0.925 bits per heavy atom. The van der Waals surface area contributed by atoms with Crippen molar-refractivity contribution in [3.05, 3.63) is 63.5 Å². The van der Waals surface area contributed by atoms with E-state index < -0.39 is 0 Å². The molecule has 0 N–H and O–H groups in total. The van der Waals surface area contributed by atoms with Crippen molar-refractivity contribution in [3.8, 4) is 5.75 Å². The lowest BCUT2D eigenvalue weighted by atomic mass is 9.76. The first-order valence-electron chi connectivity index (χ1n) is 14.6. The standard InChI is InChI=1S/C33H45N3O2S2/c1-9-32(4,5)23-18-19-26(24(22-23)33(6,7)10-2)38-21-15-14-20-34-31-36(11-3)29(37)28(40-31)30-35(8)25-16-12-13-17-27(25)39-30/h12-13,16-19,22H,9-11,14-15,20-21H2,1-8H3. The van der Waals surface area contributed by atoms with Gasteiger partial charge in [-0.15, -0.1) is 0 Å². The average molecular weight is 580 g/mol. The van der Waals surface area contributed by atoms with Crippen LogP contribution in [0.5, 0.6) is 5.75 Å². The van der Waals surface area contributed by atoms with Crippen molar-refractivity contribution in [1.29, 1.82) is 0 Å². The fraction of sp³-hybridized carbons (Fsp3) is 0.515. The number of nitrogens with zero attached hydrogens (tertiary/aromatic N) is 3. The van der Waals surface area contributed by atoms with Gasteiger partial charge in [0.1, 0.15) is 10.7 Å². The number of hydrogen-bond acceptors (Lipinski definition) is 6. The number of amides is 1. The zero-order valence-electron chi connectivity index (χ0n) is 25.5. The van der Waals surface area contributed by atoms with Crippen LogP contribution in [-0.4, -0.2) is 42.7 Å². The van der Waals surface area contributed by atoms with E-state index in [0.29, 0.717) is 19.7 Å². The molecule has 2 aliphatic heterocycles. The molecular weight excluding hydrogens is 535 g/mol. The zero-order valence-corrected chi connectivity index (χ0v) is 27.1. The normalized spacial score (nSPS) is 18.7. The molecule has 1 saturated heterocycles. The number of amidine groups is 1. The summed E-state index contributed by atoms with van der Waals surface area (Å²) >= 11 is 3.17. The van der Waals surface area contributed by atoms with Crippen LogP contribution in [0.2, 0.25) is 0 Å². The molecule has 5 nitrogen and oxygen atoms in total. The first-order chi connectivity index (χ1) is 19.0. The zero-order chi connectivity index (χ0) is 29.1. The third-order valence-corrected chi connectivity index (χ3v) is 10.9. The molecule has 0 atom stereocenters. The molecule has 0 bridgehead atoms. The number of unbranched alkanes of at least 4 members (excludes halogenated alkanes) is 1. The maximum atomic E-state index is 13.3. The second kappa shape index (κ2) is 12.6. The van der Waals surface area contributed by atoms with Crippen LogP contribution in [0.4, 0.5) is 5.69 Å². The average Bonchev–Trinajstić information content (AvgIpc) is 3.45. The Labute approximate surface area is 249 Å². The maximum absolute atomic E-state index is 13.3. The number of para-hydroxylation sites is 1. The number of aliphatic imine (C=N–C) groups is 1. The highest BCUT2D eigenvalue weighted by Crippen LogP contribution is 2.49. The molecule has 1 fully saturated rings. The summed E-state index contributed by atoms with van der Waals surface area (Å²) in [5.74, 6) is 1.05. The number of benzene rings is 2. The third-order valence-electron chi connectivity index (χ3n) is 8.43. The Bertz CT molecular complexity index is 1300. The van der Waals surface area contributed by atoms with Crippen molar-refractivity contribution in [2.24, 2.45) is 4.99 Å². The maximum Gasteiger partial charge on any atom is 0.269 e. The van der Waals surface area contributed by atoms with Gasteiger partial charge in [0, 0.05) is 30.6 Å². The van der Waals surface area contributed by atoms with E-state index >= 15 is 0 Å². The first-order valence-corrected chi connectivity index (χ1v) is 16.2. The second-order valence-corrected chi connectivity index (χ2v) is 13.8. The van der Waals surface area contributed by atoms with Crippen molar-refractivity contribution >= 4 is 40.3 Å². The van der Waals surface area contributed by atoms with Gasteiger partial charge >= 0.3 is 0 Å². The van der Waals surface area contributed by atoms with Gasteiger partial charge in [-0.3, -0.25) is 14.7 Å². The van der Waals surface area contributed by atoms with E-state index in [0.717, 1.165) is 52.2 Å². The molecule has 7 heteroatoms. The highest BCUT2D eigenvalue weighted by Gasteiger charge is 2.38. The number of carbonyl (C=O) groups is 1. The Kier molecular flexibility index (Phi) is 9.66. The first kappa shape index (κ1) is 30.6. The number of likely N-dealkylation sites (N-methyl/N-ethyl adjacent to an activating group) is 1. The van der Waals surface area contributed by atoms with Crippen LogP contribution < -0.4 is 9.64 Å². The van der Waals surface area contributed by atoms with Gasteiger partial charge in [-0.2, -0.15) is 0 Å². The summed E-state index contributed by atoms with van der Waals surface area (Å²) in [6, 6.07) is 15.1. The Balaban J connectivity index is 1.37. The predicted octanol–water partition coefficient (Wildman–Crippen LogP) is 8.58. The van der Waals surface area contributed by atoms with Gasteiger partial charge in [0.25, 0.3) is 5.91 Å². The highest BCUT2D eigenvalue weighted by molar-refractivity contribution is 8.19. The molecule has 0 unspecified atom stereocenters. The number of fused-ring (bicyclic) bond motifs is 1. The van der Waals surface area contributed by atoms with Crippen molar-refractivity contribution < 1.29 is 9.53 Å². The van der Waals surface area contributed by atoms with Crippen LogP contribution in [0, 0.1) is 0 Å².